The molecule has 1 amide bonds. The molecule has 0 saturated carbocycles. The van der Waals surface area contributed by atoms with Gasteiger partial charge in [-0.15, -0.1) is 11.3 Å². The summed E-state index contributed by atoms with van der Waals surface area (Å²) in [7, 11) is -3.54. The minimum atomic E-state index is -3.54. The van der Waals surface area contributed by atoms with E-state index in [4.69, 9.17) is 4.42 Å². The number of sulfonamides is 1. The van der Waals surface area contributed by atoms with Crippen LogP contribution >= 0.6 is 11.3 Å². The first-order valence-corrected chi connectivity index (χ1v) is 11.6. The van der Waals surface area contributed by atoms with Crippen LogP contribution in [0.3, 0.4) is 0 Å². The van der Waals surface area contributed by atoms with Gasteiger partial charge in [-0.2, -0.15) is 0 Å². The van der Waals surface area contributed by atoms with Crippen molar-refractivity contribution in [2.24, 2.45) is 0 Å². The number of carbonyl (C=O) groups excluding carboxylic acids is 1. The Morgan fingerprint density at radius 3 is 2.57 bits per heavy atom. The fourth-order valence-corrected chi connectivity index (χ4v) is 4.86. The maximum Gasteiger partial charge on any atom is 0.251 e. The van der Waals surface area contributed by atoms with E-state index in [-0.39, 0.29) is 17.3 Å². The van der Waals surface area contributed by atoms with Gasteiger partial charge in [-0.05, 0) is 48.5 Å². The van der Waals surface area contributed by atoms with Gasteiger partial charge in [-0.25, -0.2) is 18.1 Å². The third-order valence-corrected chi connectivity index (χ3v) is 6.96. The lowest BCUT2D eigenvalue weighted by atomic mass is 10.2. The van der Waals surface area contributed by atoms with E-state index in [0.29, 0.717) is 23.6 Å². The van der Waals surface area contributed by atoms with Gasteiger partial charge in [-0.1, -0.05) is 19.1 Å². The highest BCUT2D eigenvalue weighted by Gasteiger charge is 2.15. The van der Waals surface area contributed by atoms with Gasteiger partial charge < -0.3 is 9.73 Å². The summed E-state index contributed by atoms with van der Waals surface area (Å²) in [4.78, 5) is 17.1. The van der Waals surface area contributed by atoms with Crippen LogP contribution in [-0.4, -0.2) is 25.9 Å². The van der Waals surface area contributed by atoms with Gasteiger partial charge in [0.2, 0.25) is 10.0 Å². The average Bonchev–Trinajstić information content (AvgIpc) is 3.39. The predicted molar refractivity (Wildman–Crippen MR) is 116 cm³/mol. The second kappa shape index (κ2) is 8.39. The summed E-state index contributed by atoms with van der Waals surface area (Å²) in [6.45, 7) is 2.21. The number of benzene rings is 2. The van der Waals surface area contributed by atoms with E-state index < -0.39 is 10.0 Å². The number of aromatic nitrogens is 1. The van der Waals surface area contributed by atoms with Crippen LogP contribution in [0.25, 0.3) is 21.0 Å². The molecule has 4 aromatic rings. The molecule has 154 valence electrons. The summed E-state index contributed by atoms with van der Waals surface area (Å²) in [6, 6.07) is 17.3. The Hall–Kier alpha value is -3.01. The number of thiazole rings is 1. The van der Waals surface area contributed by atoms with Gasteiger partial charge in [0.25, 0.3) is 5.91 Å². The Morgan fingerprint density at radius 1 is 1.07 bits per heavy atom. The number of rotatable bonds is 7. The summed E-state index contributed by atoms with van der Waals surface area (Å²) in [5.41, 5.74) is 1.28. The maximum absolute atomic E-state index is 12.4. The molecule has 2 N–H and O–H groups in total. The van der Waals surface area contributed by atoms with E-state index in [0.717, 1.165) is 15.2 Å². The number of carbonyl (C=O) groups is 1. The SMILES string of the molecule is CCNS(=O)(=O)c1ccc(C(=O)NCc2ccc(-c3nc4ccccc4s3)o2)cc1. The lowest BCUT2D eigenvalue weighted by Crippen LogP contribution is -2.24. The van der Waals surface area contributed by atoms with Gasteiger partial charge in [0.05, 0.1) is 21.7 Å². The first-order valence-electron chi connectivity index (χ1n) is 9.29. The third kappa shape index (κ3) is 4.28. The second-order valence-electron chi connectivity index (χ2n) is 6.46. The molecule has 0 aliphatic heterocycles. The Morgan fingerprint density at radius 2 is 1.83 bits per heavy atom. The van der Waals surface area contributed by atoms with Crippen molar-refractivity contribution in [1.29, 1.82) is 0 Å². The number of amides is 1. The highest BCUT2D eigenvalue weighted by Crippen LogP contribution is 2.31. The van der Waals surface area contributed by atoms with Gasteiger partial charge >= 0.3 is 0 Å². The molecule has 0 atom stereocenters. The van der Waals surface area contributed by atoms with Crippen LogP contribution in [-0.2, 0) is 16.6 Å². The normalized spacial score (nSPS) is 11.6. The molecule has 2 aromatic carbocycles. The number of hydrogen-bond donors (Lipinski definition) is 2. The van der Waals surface area contributed by atoms with Crippen LogP contribution in [0.1, 0.15) is 23.0 Å². The minimum absolute atomic E-state index is 0.118. The van der Waals surface area contributed by atoms with Gasteiger partial charge in [-0.3, -0.25) is 4.79 Å². The summed E-state index contributed by atoms with van der Waals surface area (Å²) in [6.07, 6.45) is 0. The molecule has 2 aromatic heterocycles. The Bertz CT molecular complexity index is 1260. The molecular weight excluding hydrogens is 422 g/mol. The Kier molecular flexibility index (Phi) is 5.67. The van der Waals surface area contributed by atoms with E-state index in [9.17, 15) is 13.2 Å². The van der Waals surface area contributed by atoms with Crippen molar-refractivity contribution in [2.75, 3.05) is 6.54 Å². The van der Waals surface area contributed by atoms with Crippen molar-refractivity contribution < 1.29 is 17.6 Å². The second-order valence-corrected chi connectivity index (χ2v) is 9.26. The van der Waals surface area contributed by atoms with Crippen molar-refractivity contribution in [3.8, 4) is 10.8 Å². The van der Waals surface area contributed by atoms with Crippen molar-refractivity contribution in [3.05, 3.63) is 72.0 Å². The van der Waals surface area contributed by atoms with E-state index in [1.807, 2.05) is 30.3 Å². The van der Waals surface area contributed by atoms with E-state index in [2.05, 4.69) is 15.0 Å². The third-order valence-electron chi connectivity index (χ3n) is 4.35. The summed E-state index contributed by atoms with van der Waals surface area (Å²) in [5.74, 6) is 0.933. The molecule has 0 radical (unpaired) electrons. The van der Waals surface area contributed by atoms with Crippen LogP contribution in [0.15, 0.2) is 70.0 Å². The van der Waals surface area contributed by atoms with Crippen LogP contribution in [0.2, 0.25) is 0 Å². The largest absolute Gasteiger partial charge is 0.457 e. The zero-order valence-electron chi connectivity index (χ0n) is 16.1. The molecule has 9 heteroatoms. The van der Waals surface area contributed by atoms with Gasteiger partial charge in [0, 0.05) is 12.1 Å². The van der Waals surface area contributed by atoms with Gasteiger partial charge in [0.15, 0.2) is 10.8 Å². The maximum atomic E-state index is 12.4. The zero-order chi connectivity index (χ0) is 21.1. The first kappa shape index (κ1) is 20.3. The molecule has 2 heterocycles. The topological polar surface area (TPSA) is 101 Å². The number of hydrogen-bond acceptors (Lipinski definition) is 6. The summed E-state index contributed by atoms with van der Waals surface area (Å²) >= 11 is 1.55. The van der Waals surface area contributed by atoms with Crippen LogP contribution in [0.5, 0.6) is 0 Å². The molecule has 0 aliphatic rings. The Labute approximate surface area is 177 Å². The highest BCUT2D eigenvalue weighted by molar-refractivity contribution is 7.89. The zero-order valence-corrected chi connectivity index (χ0v) is 17.7. The molecule has 0 spiro atoms. The van der Waals surface area contributed by atoms with E-state index in [1.54, 1.807) is 24.3 Å². The van der Waals surface area contributed by atoms with Crippen molar-refractivity contribution in [2.45, 2.75) is 18.4 Å². The average molecular weight is 442 g/mol. The van der Waals surface area contributed by atoms with Crippen molar-refractivity contribution in [3.63, 3.8) is 0 Å². The molecule has 0 unspecified atom stereocenters. The van der Waals surface area contributed by atoms with E-state index >= 15 is 0 Å². The number of nitrogens with one attached hydrogen (secondary N) is 2. The molecule has 0 saturated heterocycles. The van der Waals surface area contributed by atoms with Crippen LogP contribution in [0.4, 0.5) is 0 Å². The smallest absolute Gasteiger partial charge is 0.251 e. The summed E-state index contributed by atoms with van der Waals surface area (Å²) in [5, 5.41) is 3.56. The fourth-order valence-electron chi connectivity index (χ4n) is 2.89. The van der Waals surface area contributed by atoms with Crippen LogP contribution in [0, 0.1) is 0 Å². The molecular formula is C21H19N3O4S2. The monoisotopic (exact) mass is 441 g/mol. The molecule has 0 bridgehead atoms. The summed E-state index contributed by atoms with van der Waals surface area (Å²) < 4.78 is 33.3. The van der Waals surface area contributed by atoms with E-state index in [1.165, 1.54) is 24.3 Å². The highest BCUT2D eigenvalue weighted by atomic mass is 32.2. The lowest BCUT2D eigenvalue weighted by Gasteiger charge is -2.06. The number of nitrogens with zero attached hydrogens (tertiary/aromatic N) is 1. The fraction of sp³-hybridized carbons (Fsp3) is 0.143. The number of para-hydroxylation sites is 1. The number of fused-ring (bicyclic) bond motifs is 1. The van der Waals surface area contributed by atoms with Crippen LogP contribution < -0.4 is 10.0 Å². The quantitative estimate of drug-likeness (QED) is 0.454. The molecule has 7 nitrogen and oxygen atoms in total. The predicted octanol–water partition coefficient (Wildman–Crippen LogP) is 3.78. The molecule has 30 heavy (non-hydrogen) atoms. The molecule has 4 rings (SSSR count). The first-order chi connectivity index (χ1) is 14.5. The van der Waals surface area contributed by atoms with Gasteiger partial charge in [0.1, 0.15) is 5.76 Å². The molecule has 0 fully saturated rings. The number of furan rings is 1. The van der Waals surface area contributed by atoms with Crippen molar-refractivity contribution in [1.82, 2.24) is 15.0 Å². The lowest BCUT2D eigenvalue weighted by molar-refractivity contribution is 0.0948. The standard InChI is InChI=1S/C21H19N3O4S2/c1-2-23-30(26,27)16-10-7-14(8-11-16)20(25)22-13-15-9-12-18(28-15)21-24-17-5-3-4-6-19(17)29-21/h3-12,23H,2,13H2,1H3,(H,22,25). The molecule has 0 aliphatic carbocycles. The Balaban J connectivity index is 1.41. The van der Waals surface area contributed by atoms with Crippen molar-refractivity contribution >= 4 is 37.5 Å². The minimum Gasteiger partial charge on any atom is -0.457 e.